The number of nitrogens with two attached hydrogens (primary N) is 1. The minimum atomic E-state index is 0.603. The average molecular weight is 217 g/mol. The molecule has 1 aromatic heterocycles. The van der Waals surface area contributed by atoms with E-state index in [2.05, 4.69) is 5.10 Å². The van der Waals surface area contributed by atoms with E-state index in [-0.39, 0.29) is 0 Å². The first-order valence-corrected chi connectivity index (χ1v) is 5.28. The smallest absolute Gasteiger partial charge is 0.241 e. The van der Waals surface area contributed by atoms with Crippen molar-refractivity contribution in [3.63, 3.8) is 0 Å². The number of nitrogen functional groups attached to an aromatic ring is 1. The summed E-state index contributed by atoms with van der Waals surface area (Å²) in [5.74, 6) is 1.38. The van der Waals surface area contributed by atoms with Crippen LogP contribution in [-0.4, -0.2) is 9.78 Å². The van der Waals surface area contributed by atoms with Crippen LogP contribution < -0.4 is 10.5 Å². The molecule has 4 heteroatoms. The molecule has 0 saturated heterocycles. The SMILES string of the molecule is CCn1nc(C)c(N)c1Oc1ccccc1. The van der Waals surface area contributed by atoms with Gasteiger partial charge in [-0.1, -0.05) is 18.2 Å². The summed E-state index contributed by atoms with van der Waals surface area (Å²) in [6.45, 7) is 4.61. The van der Waals surface area contributed by atoms with Crippen LogP contribution in [0.3, 0.4) is 0 Å². The topological polar surface area (TPSA) is 53.1 Å². The molecule has 1 heterocycles. The van der Waals surface area contributed by atoms with Gasteiger partial charge in [0.15, 0.2) is 0 Å². The summed E-state index contributed by atoms with van der Waals surface area (Å²) >= 11 is 0. The van der Waals surface area contributed by atoms with Gasteiger partial charge in [0.1, 0.15) is 11.4 Å². The van der Waals surface area contributed by atoms with Crippen LogP contribution in [0.5, 0.6) is 11.6 Å². The Hall–Kier alpha value is -1.97. The summed E-state index contributed by atoms with van der Waals surface area (Å²) in [5.41, 5.74) is 7.32. The number of para-hydroxylation sites is 1. The lowest BCUT2D eigenvalue weighted by Crippen LogP contribution is -2.00. The summed E-state index contributed by atoms with van der Waals surface area (Å²) in [5, 5.41) is 4.29. The van der Waals surface area contributed by atoms with E-state index >= 15 is 0 Å². The number of hydrogen-bond acceptors (Lipinski definition) is 3. The van der Waals surface area contributed by atoms with Crippen molar-refractivity contribution < 1.29 is 4.74 Å². The molecular formula is C12H15N3O. The Morgan fingerprint density at radius 3 is 2.62 bits per heavy atom. The van der Waals surface area contributed by atoms with E-state index in [9.17, 15) is 0 Å². The second kappa shape index (κ2) is 4.26. The molecule has 0 bridgehead atoms. The summed E-state index contributed by atoms with van der Waals surface area (Å²) < 4.78 is 7.49. The first-order valence-electron chi connectivity index (χ1n) is 5.28. The van der Waals surface area contributed by atoms with E-state index in [0.717, 1.165) is 18.0 Å². The number of ether oxygens (including phenoxy) is 1. The molecule has 84 valence electrons. The second-order valence-corrected chi connectivity index (χ2v) is 3.54. The van der Waals surface area contributed by atoms with E-state index in [1.807, 2.05) is 44.2 Å². The number of anilines is 1. The van der Waals surface area contributed by atoms with Gasteiger partial charge in [0.05, 0.1) is 5.69 Å². The summed E-state index contributed by atoms with van der Waals surface area (Å²) in [6, 6.07) is 9.57. The summed E-state index contributed by atoms with van der Waals surface area (Å²) in [7, 11) is 0. The van der Waals surface area contributed by atoms with E-state index in [1.165, 1.54) is 0 Å². The molecule has 0 saturated carbocycles. The molecule has 2 N–H and O–H groups in total. The number of aryl methyl sites for hydroxylation is 2. The molecule has 0 unspecified atom stereocenters. The van der Waals surface area contributed by atoms with Gasteiger partial charge in [-0.15, -0.1) is 0 Å². The van der Waals surface area contributed by atoms with Gasteiger partial charge in [0, 0.05) is 6.54 Å². The number of nitrogens with zero attached hydrogens (tertiary/aromatic N) is 2. The highest BCUT2D eigenvalue weighted by Crippen LogP contribution is 2.29. The van der Waals surface area contributed by atoms with E-state index in [4.69, 9.17) is 10.5 Å². The summed E-state index contributed by atoms with van der Waals surface area (Å²) in [6.07, 6.45) is 0. The Morgan fingerprint density at radius 1 is 1.31 bits per heavy atom. The molecule has 0 fully saturated rings. The molecule has 0 spiro atoms. The van der Waals surface area contributed by atoms with Crippen molar-refractivity contribution in [1.82, 2.24) is 9.78 Å². The fourth-order valence-corrected chi connectivity index (χ4v) is 1.50. The van der Waals surface area contributed by atoms with E-state index < -0.39 is 0 Å². The van der Waals surface area contributed by atoms with Crippen LogP contribution in [0.2, 0.25) is 0 Å². The highest BCUT2D eigenvalue weighted by atomic mass is 16.5. The lowest BCUT2D eigenvalue weighted by molar-refractivity contribution is 0.418. The van der Waals surface area contributed by atoms with Crippen molar-refractivity contribution >= 4 is 5.69 Å². The van der Waals surface area contributed by atoms with Gasteiger partial charge in [-0.25, -0.2) is 4.68 Å². The molecule has 0 radical (unpaired) electrons. The Kier molecular flexibility index (Phi) is 2.81. The highest BCUT2D eigenvalue weighted by Gasteiger charge is 2.13. The van der Waals surface area contributed by atoms with Crippen LogP contribution in [0.15, 0.2) is 30.3 Å². The van der Waals surface area contributed by atoms with Crippen LogP contribution in [0.4, 0.5) is 5.69 Å². The normalized spacial score (nSPS) is 10.4. The van der Waals surface area contributed by atoms with E-state index in [1.54, 1.807) is 4.68 Å². The van der Waals surface area contributed by atoms with Gasteiger partial charge >= 0.3 is 0 Å². The fourth-order valence-electron chi connectivity index (χ4n) is 1.50. The van der Waals surface area contributed by atoms with Gasteiger partial charge in [0.25, 0.3) is 0 Å². The zero-order valence-corrected chi connectivity index (χ0v) is 9.47. The lowest BCUT2D eigenvalue weighted by atomic mass is 10.3. The average Bonchev–Trinajstić information content (AvgIpc) is 2.58. The third-order valence-corrected chi connectivity index (χ3v) is 2.38. The van der Waals surface area contributed by atoms with Crippen molar-refractivity contribution in [3.05, 3.63) is 36.0 Å². The molecule has 2 aromatic rings. The maximum atomic E-state index is 5.92. The predicted molar refractivity (Wildman–Crippen MR) is 63.6 cm³/mol. The predicted octanol–water partition coefficient (Wildman–Crippen LogP) is 2.59. The Labute approximate surface area is 94.6 Å². The standard InChI is InChI=1S/C12H15N3O/c1-3-15-12(11(13)9(2)14-15)16-10-7-5-4-6-8-10/h4-8H,3,13H2,1-2H3. The molecule has 16 heavy (non-hydrogen) atoms. The molecular weight excluding hydrogens is 202 g/mol. The first-order chi connectivity index (χ1) is 7.72. The largest absolute Gasteiger partial charge is 0.437 e. The Morgan fingerprint density at radius 2 is 2.00 bits per heavy atom. The second-order valence-electron chi connectivity index (χ2n) is 3.54. The molecule has 0 atom stereocenters. The minimum Gasteiger partial charge on any atom is -0.437 e. The molecule has 1 aromatic carbocycles. The van der Waals surface area contributed by atoms with Crippen LogP contribution in [-0.2, 0) is 6.54 Å². The quantitative estimate of drug-likeness (QED) is 0.859. The van der Waals surface area contributed by atoms with Crippen LogP contribution in [0, 0.1) is 6.92 Å². The summed E-state index contributed by atoms with van der Waals surface area (Å²) in [4.78, 5) is 0. The molecule has 2 rings (SSSR count). The fraction of sp³-hybridized carbons (Fsp3) is 0.250. The van der Waals surface area contributed by atoms with Crippen LogP contribution in [0.1, 0.15) is 12.6 Å². The third kappa shape index (κ3) is 1.86. The number of rotatable bonds is 3. The number of hydrogen-bond donors (Lipinski definition) is 1. The van der Waals surface area contributed by atoms with Gasteiger partial charge < -0.3 is 10.5 Å². The van der Waals surface area contributed by atoms with Gasteiger partial charge in [-0.2, -0.15) is 5.10 Å². The molecule has 0 aliphatic carbocycles. The Balaban J connectivity index is 2.34. The van der Waals surface area contributed by atoms with Crippen LogP contribution in [0.25, 0.3) is 0 Å². The minimum absolute atomic E-state index is 0.603. The highest BCUT2D eigenvalue weighted by molar-refractivity contribution is 5.53. The van der Waals surface area contributed by atoms with Gasteiger partial charge in [-0.05, 0) is 26.0 Å². The van der Waals surface area contributed by atoms with Gasteiger partial charge in [0.2, 0.25) is 5.88 Å². The zero-order chi connectivity index (χ0) is 11.5. The van der Waals surface area contributed by atoms with Crippen molar-refractivity contribution in [2.45, 2.75) is 20.4 Å². The van der Waals surface area contributed by atoms with Crippen molar-refractivity contribution in [2.75, 3.05) is 5.73 Å². The monoisotopic (exact) mass is 217 g/mol. The van der Waals surface area contributed by atoms with Gasteiger partial charge in [-0.3, -0.25) is 0 Å². The third-order valence-electron chi connectivity index (χ3n) is 2.38. The first kappa shape index (κ1) is 10.5. The molecule has 0 aliphatic rings. The molecule has 4 nitrogen and oxygen atoms in total. The molecule has 0 amide bonds. The van der Waals surface area contributed by atoms with Crippen molar-refractivity contribution in [1.29, 1.82) is 0 Å². The van der Waals surface area contributed by atoms with Crippen molar-refractivity contribution in [2.24, 2.45) is 0 Å². The van der Waals surface area contributed by atoms with Crippen molar-refractivity contribution in [3.8, 4) is 11.6 Å². The maximum absolute atomic E-state index is 5.92. The van der Waals surface area contributed by atoms with E-state index in [0.29, 0.717) is 11.6 Å². The number of benzene rings is 1. The maximum Gasteiger partial charge on any atom is 0.241 e. The van der Waals surface area contributed by atoms with Crippen LogP contribution >= 0.6 is 0 Å². The number of aromatic nitrogens is 2. The lowest BCUT2D eigenvalue weighted by Gasteiger charge is -2.07. The zero-order valence-electron chi connectivity index (χ0n) is 9.47. The molecule has 0 aliphatic heterocycles. The Bertz CT molecular complexity index is 477.